The number of aliphatic carboxylic acids is 1. The molecule has 0 saturated heterocycles. The second-order valence-electron chi connectivity index (χ2n) is 8.49. The van der Waals surface area contributed by atoms with Crippen molar-refractivity contribution in [2.75, 3.05) is 6.54 Å². The van der Waals surface area contributed by atoms with E-state index in [0.29, 0.717) is 35.5 Å². The third-order valence-corrected chi connectivity index (χ3v) is 5.90. The summed E-state index contributed by atoms with van der Waals surface area (Å²) in [5, 5.41) is 25.1. The fourth-order valence-corrected chi connectivity index (χ4v) is 3.96. The number of halogens is 2. The highest BCUT2D eigenvalue weighted by Gasteiger charge is 2.26. The first-order valence-corrected chi connectivity index (χ1v) is 12.1. The van der Waals surface area contributed by atoms with Crippen molar-refractivity contribution < 1.29 is 23.9 Å². The van der Waals surface area contributed by atoms with E-state index in [1.165, 1.54) is 24.4 Å². The molecular formula is C25H28ClFN6O4. The van der Waals surface area contributed by atoms with Gasteiger partial charge in [-0.3, -0.25) is 9.59 Å². The molecule has 2 atom stereocenters. The van der Waals surface area contributed by atoms with Gasteiger partial charge < -0.3 is 21.5 Å². The van der Waals surface area contributed by atoms with Crippen LogP contribution >= 0.6 is 11.6 Å². The number of aromatic amines is 1. The van der Waals surface area contributed by atoms with Crippen molar-refractivity contribution in [1.29, 1.82) is 0 Å². The molecule has 37 heavy (non-hydrogen) atoms. The Bertz CT molecular complexity index is 1210. The normalized spacial score (nSPS) is 12.5. The van der Waals surface area contributed by atoms with Gasteiger partial charge in [0.1, 0.15) is 11.9 Å². The molecule has 0 fully saturated rings. The van der Waals surface area contributed by atoms with Crippen LogP contribution in [0.15, 0.2) is 48.7 Å². The van der Waals surface area contributed by atoms with Crippen molar-refractivity contribution in [2.45, 2.75) is 44.2 Å². The molecule has 1 aromatic heterocycles. The third kappa shape index (κ3) is 8.36. The number of nitrogens with one attached hydrogen (secondary N) is 3. The van der Waals surface area contributed by atoms with E-state index in [0.717, 1.165) is 5.56 Å². The van der Waals surface area contributed by atoms with Crippen LogP contribution in [-0.4, -0.2) is 56.9 Å². The van der Waals surface area contributed by atoms with Crippen molar-refractivity contribution >= 4 is 29.4 Å². The highest BCUT2D eigenvalue weighted by Crippen LogP contribution is 2.26. The largest absolute Gasteiger partial charge is 0.480 e. The topological polar surface area (TPSA) is 163 Å². The lowest BCUT2D eigenvalue weighted by atomic mass is 9.96. The Morgan fingerprint density at radius 1 is 1.11 bits per heavy atom. The van der Waals surface area contributed by atoms with Crippen LogP contribution in [-0.2, 0) is 16.0 Å². The molecule has 0 aliphatic heterocycles. The molecule has 0 radical (unpaired) electrons. The van der Waals surface area contributed by atoms with Crippen LogP contribution in [0.2, 0.25) is 5.02 Å². The first-order chi connectivity index (χ1) is 17.8. The number of nitrogens with zero attached hydrogens (tertiary/aromatic N) is 2. The average molecular weight is 531 g/mol. The van der Waals surface area contributed by atoms with E-state index in [4.69, 9.17) is 17.3 Å². The number of amides is 2. The Kier molecular flexibility index (Phi) is 10.1. The molecule has 0 bridgehead atoms. The quantitative estimate of drug-likeness (QED) is 0.212. The number of carboxylic acids is 1. The zero-order valence-corrected chi connectivity index (χ0v) is 20.7. The van der Waals surface area contributed by atoms with Crippen LogP contribution < -0.4 is 16.4 Å². The molecule has 0 aliphatic rings. The molecule has 12 heteroatoms. The molecule has 2 amide bonds. The molecule has 3 rings (SSSR count). The molecule has 196 valence electrons. The fourth-order valence-electron chi connectivity index (χ4n) is 3.79. The number of hydrogen-bond donors (Lipinski definition) is 5. The van der Waals surface area contributed by atoms with E-state index in [1.807, 2.05) is 0 Å². The maximum absolute atomic E-state index is 14.2. The molecular weight excluding hydrogens is 503 g/mol. The molecule has 1 heterocycles. The number of carbonyl (C=O) groups excluding carboxylic acids is 2. The summed E-state index contributed by atoms with van der Waals surface area (Å²) in [4.78, 5) is 36.8. The van der Waals surface area contributed by atoms with Gasteiger partial charge in [0.15, 0.2) is 5.69 Å². The summed E-state index contributed by atoms with van der Waals surface area (Å²) in [5.74, 6) is -2.59. The van der Waals surface area contributed by atoms with Crippen LogP contribution in [0.5, 0.6) is 0 Å². The SMILES string of the molecule is NCCCCC(=O)NC(CC(Cc1ccc(-c2cc(Cl)ccc2F)cc1)NC(=O)c1cn[nH]n1)C(=O)O. The Labute approximate surface area is 217 Å². The standard InChI is InChI=1S/C25H28ClFN6O4/c26-17-8-9-20(27)19(12-17)16-6-4-15(5-7-16)11-18(30-24(35)22-14-29-33-32-22)13-21(25(36)37)31-23(34)3-1-2-10-28/h4-9,12,14,18,21H,1-3,10-11,13,28H2,(H,30,35)(H,31,34)(H,36,37)(H,29,32,33). The number of benzene rings is 2. The molecule has 2 unspecified atom stereocenters. The van der Waals surface area contributed by atoms with Gasteiger partial charge in [-0.25, -0.2) is 9.18 Å². The van der Waals surface area contributed by atoms with Gasteiger partial charge in [-0.05, 0) is 61.6 Å². The number of unbranched alkanes of at least 4 members (excludes halogenated alkanes) is 1. The summed E-state index contributed by atoms with van der Waals surface area (Å²) in [6.07, 6.45) is 2.76. The fraction of sp³-hybridized carbons (Fsp3) is 0.320. The summed E-state index contributed by atoms with van der Waals surface area (Å²) in [7, 11) is 0. The van der Waals surface area contributed by atoms with Crippen molar-refractivity contribution in [3.63, 3.8) is 0 Å². The molecule has 0 spiro atoms. The van der Waals surface area contributed by atoms with Crippen molar-refractivity contribution in [2.24, 2.45) is 5.73 Å². The summed E-state index contributed by atoms with van der Waals surface area (Å²) in [6.45, 7) is 0.439. The van der Waals surface area contributed by atoms with Gasteiger partial charge >= 0.3 is 5.97 Å². The summed E-state index contributed by atoms with van der Waals surface area (Å²) >= 11 is 6.00. The summed E-state index contributed by atoms with van der Waals surface area (Å²) < 4.78 is 14.2. The number of carbonyl (C=O) groups is 3. The van der Waals surface area contributed by atoms with Crippen molar-refractivity contribution in [1.82, 2.24) is 26.0 Å². The highest BCUT2D eigenvalue weighted by molar-refractivity contribution is 6.30. The van der Waals surface area contributed by atoms with E-state index < -0.39 is 35.7 Å². The van der Waals surface area contributed by atoms with Gasteiger partial charge in [0.05, 0.1) is 6.20 Å². The van der Waals surface area contributed by atoms with Crippen molar-refractivity contribution in [3.05, 3.63) is 70.8 Å². The molecule has 6 N–H and O–H groups in total. The number of rotatable bonds is 13. The number of nitrogens with two attached hydrogens (primary N) is 1. The highest BCUT2D eigenvalue weighted by atomic mass is 35.5. The Morgan fingerprint density at radius 3 is 2.51 bits per heavy atom. The van der Waals surface area contributed by atoms with Gasteiger partial charge in [-0.15, -0.1) is 0 Å². The van der Waals surface area contributed by atoms with E-state index in [-0.39, 0.29) is 25.0 Å². The smallest absolute Gasteiger partial charge is 0.326 e. The lowest BCUT2D eigenvalue weighted by Crippen LogP contribution is -2.47. The predicted octanol–water partition coefficient (Wildman–Crippen LogP) is 2.69. The van der Waals surface area contributed by atoms with E-state index >= 15 is 0 Å². The minimum absolute atomic E-state index is 0.0366. The van der Waals surface area contributed by atoms with Crippen molar-refractivity contribution in [3.8, 4) is 11.1 Å². The zero-order chi connectivity index (χ0) is 26.8. The first kappa shape index (κ1) is 27.8. The van der Waals surface area contributed by atoms with Gasteiger partial charge in [0.2, 0.25) is 5.91 Å². The molecule has 0 aliphatic carbocycles. The number of aromatic nitrogens is 3. The van der Waals surface area contributed by atoms with Gasteiger partial charge in [-0.1, -0.05) is 35.9 Å². The second-order valence-corrected chi connectivity index (χ2v) is 8.93. The Hall–Kier alpha value is -3.83. The number of H-pyrrole nitrogens is 1. The molecule has 2 aromatic carbocycles. The first-order valence-electron chi connectivity index (χ1n) is 11.7. The maximum atomic E-state index is 14.2. The molecule has 10 nitrogen and oxygen atoms in total. The van der Waals surface area contributed by atoms with E-state index in [1.54, 1.807) is 24.3 Å². The lowest BCUT2D eigenvalue weighted by Gasteiger charge is -2.23. The maximum Gasteiger partial charge on any atom is 0.326 e. The molecule has 0 saturated carbocycles. The van der Waals surface area contributed by atoms with Crippen LogP contribution in [0.25, 0.3) is 11.1 Å². The van der Waals surface area contributed by atoms with Crippen LogP contribution in [0, 0.1) is 5.82 Å². The summed E-state index contributed by atoms with van der Waals surface area (Å²) in [5.41, 5.74) is 7.20. The summed E-state index contributed by atoms with van der Waals surface area (Å²) in [6, 6.07) is 9.32. The third-order valence-electron chi connectivity index (χ3n) is 5.67. The zero-order valence-electron chi connectivity index (χ0n) is 19.9. The van der Waals surface area contributed by atoms with Gasteiger partial charge in [-0.2, -0.15) is 15.4 Å². The van der Waals surface area contributed by atoms with Crippen LogP contribution in [0.3, 0.4) is 0 Å². The Balaban J connectivity index is 1.76. The number of hydrogen-bond acceptors (Lipinski definition) is 6. The minimum atomic E-state index is -1.23. The Morgan fingerprint density at radius 2 is 1.86 bits per heavy atom. The second kappa shape index (κ2) is 13.5. The van der Waals surface area contributed by atoms with Crippen LogP contribution in [0.4, 0.5) is 4.39 Å². The van der Waals surface area contributed by atoms with Gasteiger partial charge in [0, 0.05) is 23.0 Å². The minimum Gasteiger partial charge on any atom is -0.480 e. The number of carboxylic acid groups (broad SMARTS) is 1. The molecule has 3 aromatic rings. The van der Waals surface area contributed by atoms with E-state index in [2.05, 4.69) is 26.0 Å². The predicted molar refractivity (Wildman–Crippen MR) is 135 cm³/mol. The monoisotopic (exact) mass is 530 g/mol. The van der Waals surface area contributed by atoms with Crippen LogP contribution in [0.1, 0.15) is 41.7 Å². The average Bonchev–Trinajstić information content (AvgIpc) is 3.41. The van der Waals surface area contributed by atoms with Gasteiger partial charge in [0.25, 0.3) is 5.91 Å². The van der Waals surface area contributed by atoms with E-state index in [9.17, 15) is 23.9 Å². The lowest BCUT2D eigenvalue weighted by molar-refractivity contribution is -0.142.